The molecule has 2 N–H and O–H groups in total. The summed E-state index contributed by atoms with van der Waals surface area (Å²) in [7, 11) is 0. The van der Waals surface area contributed by atoms with Gasteiger partial charge in [-0.05, 0) is 75.7 Å². The van der Waals surface area contributed by atoms with Crippen LogP contribution in [0.25, 0.3) is 0 Å². The molecule has 2 aliphatic rings. The summed E-state index contributed by atoms with van der Waals surface area (Å²) >= 11 is 0. The standard InChI is InChI=1S/C25H36O5/c1-17(2)25(13-6-8-19(25)4)14-12-18(3)7-5-9-20(16-26)10-11-22(27)21-15-23(28)30-24(21)29/h7,10,15-16,19,22,24,27,29H,1,5-6,8-9,11-14H2,2-4H3/b18-7+,20-10+/t19-,22-,24-,25+/m1/s1. The van der Waals surface area contributed by atoms with Gasteiger partial charge in [0.15, 0.2) is 0 Å². The Balaban J connectivity index is 1.84. The van der Waals surface area contributed by atoms with Crippen LogP contribution in [0.5, 0.6) is 0 Å². The van der Waals surface area contributed by atoms with Crippen molar-refractivity contribution < 1.29 is 24.5 Å². The molecule has 166 valence electrons. The van der Waals surface area contributed by atoms with E-state index in [-0.39, 0.29) is 17.4 Å². The largest absolute Gasteiger partial charge is 0.429 e. The number of cyclic esters (lactones) is 1. The van der Waals surface area contributed by atoms with E-state index in [1.54, 1.807) is 6.08 Å². The monoisotopic (exact) mass is 416 g/mol. The van der Waals surface area contributed by atoms with Crippen molar-refractivity contribution in [3.05, 3.63) is 47.1 Å². The van der Waals surface area contributed by atoms with Gasteiger partial charge in [-0.3, -0.25) is 4.79 Å². The van der Waals surface area contributed by atoms with Gasteiger partial charge in [0.25, 0.3) is 0 Å². The number of aldehydes is 1. The maximum atomic E-state index is 11.4. The Labute approximate surface area is 180 Å². The van der Waals surface area contributed by atoms with E-state index in [1.807, 2.05) is 0 Å². The number of rotatable bonds is 11. The van der Waals surface area contributed by atoms with Crippen molar-refractivity contribution in [3.8, 4) is 0 Å². The van der Waals surface area contributed by atoms with Crippen LogP contribution in [0.4, 0.5) is 0 Å². The zero-order valence-electron chi connectivity index (χ0n) is 18.5. The van der Waals surface area contributed by atoms with Crippen LogP contribution < -0.4 is 0 Å². The molecular weight excluding hydrogens is 380 g/mol. The van der Waals surface area contributed by atoms with Gasteiger partial charge in [0.1, 0.15) is 6.29 Å². The lowest BCUT2D eigenvalue weighted by Gasteiger charge is -2.35. The second-order valence-electron chi connectivity index (χ2n) is 8.90. The zero-order chi connectivity index (χ0) is 22.3. The smallest absolute Gasteiger partial charge is 0.333 e. The van der Waals surface area contributed by atoms with Gasteiger partial charge in [0.2, 0.25) is 6.29 Å². The molecule has 0 spiro atoms. The Morgan fingerprint density at radius 2 is 2.10 bits per heavy atom. The summed E-state index contributed by atoms with van der Waals surface area (Å²) in [4.78, 5) is 22.5. The molecule has 1 heterocycles. The number of aliphatic hydroxyl groups is 2. The first-order valence-corrected chi connectivity index (χ1v) is 10.9. The summed E-state index contributed by atoms with van der Waals surface area (Å²) in [6, 6.07) is 0. The number of allylic oxidation sites excluding steroid dienone is 4. The highest BCUT2D eigenvalue weighted by atomic mass is 16.6. The molecule has 5 heteroatoms. The van der Waals surface area contributed by atoms with Gasteiger partial charge in [0, 0.05) is 11.6 Å². The Bertz CT molecular complexity index is 745. The summed E-state index contributed by atoms with van der Waals surface area (Å²) in [6.07, 6.45) is 10.8. The summed E-state index contributed by atoms with van der Waals surface area (Å²) < 4.78 is 4.57. The zero-order valence-corrected chi connectivity index (χ0v) is 18.5. The van der Waals surface area contributed by atoms with Gasteiger partial charge in [-0.2, -0.15) is 0 Å². The molecule has 4 atom stereocenters. The van der Waals surface area contributed by atoms with Crippen molar-refractivity contribution in [1.29, 1.82) is 0 Å². The van der Waals surface area contributed by atoms with Crippen LogP contribution >= 0.6 is 0 Å². The predicted octanol–water partition coefficient (Wildman–Crippen LogP) is 4.55. The number of carbonyl (C=O) groups excluding carboxylic acids is 2. The highest BCUT2D eigenvalue weighted by Gasteiger charge is 2.40. The van der Waals surface area contributed by atoms with Crippen LogP contribution in [0, 0.1) is 11.3 Å². The van der Waals surface area contributed by atoms with E-state index >= 15 is 0 Å². The molecule has 1 saturated carbocycles. The van der Waals surface area contributed by atoms with E-state index in [0.29, 0.717) is 17.9 Å². The highest BCUT2D eigenvalue weighted by Crippen LogP contribution is 2.51. The molecule has 30 heavy (non-hydrogen) atoms. The third kappa shape index (κ3) is 6.02. The van der Waals surface area contributed by atoms with E-state index in [9.17, 15) is 19.8 Å². The van der Waals surface area contributed by atoms with Crippen LogP contribution in [0.3, 0.4) is 0 Å². The minimum atomic E-state index is -1.41. The van der Waals surface area contributed by atoms with Crippen LogP contribution in [-0.4, -0.2) is 34.9 Å². The molecule has 0 amide bonds. The SMILES string of the molecule is C=C(C)[C@@]1(CC/C(C)=C/CC/C(C=O)=C\C[C@@H](O)C2=CC(=O)O[C@H]2O)CCC[C@H]1C. The number of esters is 1. The second kappa shape index (κ2) is 10.9. The normalized spacial score (nSPS) is 28.3. The van der Waals surface area contributed by atoms with Gasteiger partial charge in [-0.15, -0.1) is 0 Å². The minimum Gasteiger partial charge on any atom is -0.429 e. The second-order valence-corrected chi connectivity index (χ2v) is 8.90. The lowest BCUT2D eigenvalue weighted by atomic mass is 9.70. The molecule has 0 unspecified atom stereocenters. The van der Waals surface area contributed by atoms with Crippen LogP contribution in [0.1, 0.15) is 72.1 Å². The maximum Gasteiger partial charge on any atom is 0.333 e. The summed E-state index contributed by atoms with van der Waals surface area (Å²) in [5, 5.41) is 19.7. The quantitative estimate of drug-likeness (QED) is 0.223. The van der Waals surface area contributed by atoms with E-state index in [1.165, 1.54) is 30.4 Å². The molecule has 1 aliphatic heterocycles. The molecule has 1 aliphatic carbocycles. The average Bonchev–Trinajstić information content (AvgIpc) is 3.24. The fourth-order valence-corrected chi connectivity index (χ4v) is 4.76. The molecule has 0 saturated heterocycles. The minimum absolute atomic E-state index is 0.129. The van der Waals surface area contributed by atoms with Gasteiger partial charge >= 0.3 is 5.97 Å². The van der Waals surface area contributed by atoms with Crippen molar-refractivity contribution in [2.45, 2.75) is 84.5 Å². The third-order valence-corrected chi connectivity index (χ3v) is 6.88. The highest BCUT2D eigenvalue weighted by molar-refractivity contribution is 5.85. The number of hydrogen-bond donors (Lipinski definition) is 2. The van der Waals surface area contributed by atoms with E-state index in [0.717, 1.165) is 31.6 Å². The summed E-state index contributed by atoms with van der Waals surface area (Å²) in [6.45, 7) is 10.9. The fourth-order valence-electron chi connectivity index (χ4n) is 4.76. The van der Waals surface area contributed by atoms with Crippen molar-refractivity contribution in [2.75, 3.05) is 0 Å². The van der Waals surface area contributed by atoms with Gasteiger partial charge < -0.3 is 14.9 Å². The van der Waals surface area contributed by atoms with Crippen molar-refractivity contribution in [2.24, 2.45) is 11.3 Å². The first-order valence-electron chi connectivity index (χ1n) is 10.9. The molecular formula is C25H36O5. The first-order chi connectivity index (χ1) is 14.2. The third-order valence-electron chi connectivity index (χ3n) is 6.88. The number of aliphatic hydroxyl groups excluding tert-OH is 2. The molecule has 1 fully saturated rings. The Kier molecular flexibility index (Phi) is 8.80. The van der Waals surface area contributed by atoms with Crippen molar-refractivity contribution in [1.82, 2.24) is 0 Å². The summed E-state index contributed by atoms with van der Waals surface area (Å²) in [5.41, 5.74) is 3.63. The van der Waals surface area contributed by atoms with Gasteiger partial charge in [-0.1, -0.05) is 43.2 Å². The molecule has 2 rings (SSSR count). The summed E-state index contributed by atoms with van der Waals surface area (Å²) in [5.74, 6) is 0.0187. The predicted molar refractivity (Wildman–Crippen MR) is 117 cm³/mol. The van der Waals surface area contributed by atoms with Crippen LogP contribution in [0.2, 0.25) is 0 Å². The van der Waals surface area contributed by atoms with Gasteiger partial charge in [0.05, 0.1) is 6.10 Å². The Morgan fingerprint density at radius 3 is 2.63 bits per heavy atom. The molecule has 0 bridgehead atoms. The number of hydrogen-bond acceptors (Lipinski definition) is 5. The lowest BCUT2D eigenvalue weighted by Crippen LogP contribution is -2.24. The maximum absolute atomic E-state index is 11.4. The van der Waals surface area contributed by atoms with E-state index in [2.05, 4.69) is 38.2 Å². The average molecular weight is 417 g/mol. The molecule has 0 aromatic carbocycles. The lowest BCUT2D eigenvalue weighted by molar-refractivity contribution is -0.151. The molecule has 0 aromatic rings. The molecule has 5 nitrogen and oxygen atoms in total. The van der Waals surface area contributed by atoms with E-state index < -0.39 is 18.4 Å². The molecule has 0 aromatic heterocycles. The molecule has 0 radical (unpaired) electrons. The van der Waals surface area contributed by atoms with Gasteiger partial charge in [-0.25, -0.2) is 4.79 Å². The Hall–Kier alpha value is -1.98. The number of ether oxygens (including phenoxy) is 1. The van der Waals surface area contributed by atoms with Crippen LogP contribution in [-0.2, 0) is 14.3 Å². The Morgan fingerprint density at radius 1 is 1.37 bits per heavy atom. The number of carbonyl (C=O) groups is 2. The van der Waals surface area contributed by atoms with E-state index in [4.69, 9.17) is 0 Å². The van der Waals surface area contributed by atoms with Crippen molar-refractivity contribution in [3.63, 3.8) is 0 Å². The van der Waals surface area contributed by atoms with Crippen LogP contribution in [0.15, 0.2) is 47.1 Å². The first kappa shape index (κ1) is 24.3. The fraction of sp³-hybridized carbons (Fsp3) is 0.600. The van der Waals surface area contributed by atoms with Crippen molar-refractivity contribution >= 4 is 12.3 Å². The topological polar surface area (TPSA) is 83.8 Å².